The van der Waals surface area contributed by atoms with Crippen molar-refractivity contribution in [2.75, 3.05) is 26.5 Å². The molecule has 0 aromatic carbocycles. The van der Waals surface area contributed by atoms with Crippen LogP contribution in [0.3, 0.4) is 0 Å². The smallest absolute Gasteiger partial charge is 0.254 e. The van der Waals surface area contributed by atoms with Crippen LogP contribution in [-0.2, 0) is 10.0 Å². The maximum absolute atomic E-state index is 11.5. The van der Waals surface area contributed by atoms with Gasteiger partial charge < -0.3 is 10.0 Å². The van der Waals surface area contributed by atoms with Gasteiger partial charge in [0.2, 0.25) is 0 Å². The van der Waals surface area contributed by atoms with Gasteiger partial charge in [-0.1, -0.05) is 13.8 Å². The Morgan fingerprint density at radius 2 is 1.88 bits per heavy atom. The lowest BCUT2D eigenvalue weighted by molar-refractivity contribution is 0.207. The molecular formula is C10H22N2O3S. The van der Waals surface area contributed by atoms with Crippen molar-refractivity contribution in [2.45, 2.75) is 26.7 Å². The highest BCUT2D eigenvalue weighted by atomic mass is 32.2. The lowest BCUT2D eigenvalue weighted by Gasteiger charge is -2.22. The molecule has 16 heavy (non-hydrogen) atoms. The summed E-state index contributed by atoms with van der Waals surface area (Å²) in [4.78, 5) is 1.58. The minimum atomic E-state index is -3.38. The molecule has 96 valence electrons. The summed E-state index contributed by atoms with van der Waals surface area (Å²) in [5, 5.41) is 8.82. The monoisotopic (exact) mass is 250 g/mol. The fourth-order valence-electron chi connectivity index (χ4n) is 1.05. The number of sulfonamides is 1. The third-order valence-corrected chi connectivity index (χ3v) is 3.40. The van der Waals surface area contributed by atoms with Crippen LogP contribution in [0.25, 0.3) is 0 Å². The van der Waals surface area contributed by atoms with Crippen molar-refractivity contribution < 1.29 is 13.5 Å². The molecule has 0 spiro atoms. The Labute approximate surface area is 98.2 Å². The van der Waals surface area contributed by atoms with Crippen LogP contribution in [0.2, 0.25) is 0 Å². The Balaban J connectivity index is 4.29. The number of hydrogen-bond donors (Lipinski definition) is 1. The molecule has 0 aromatic rings. The molecule has 0 saturated carbocycles. The third kappa shape index (κ3) is 7.64. The van der Waals surface area contributed by atoms with E-state index in [2.05, 4.69) is 4.40 Å². The molecule has 0 amide bonds. The van der Waals surface area contributed by atoms with Gasteiger partial charge in [0, 0.05) is 20.7 Å². The van der Waals surface area contributed by atoms with Gasteiger partial charge in [0.1, 0.15) is 6.34 Å². The Morgan fingerprint density at radius 1 is 1.31 bits per heavy atom. The molecule has 0 aliphatic rings. The first-order valence-electron chi connectivity index (χ1n) is 5.24. The van der Waals surface area contributed by atoms with E-state index in [4.69, 9.17) is 5.11 Å². The highest BCUT2D eigenvalue weighted by Crippen LogP contribution is 2.25. The van der Waals surface area contributed by atoms with E-state index < -0.39 is 10.0 Å². The van der Waals surface area contributed by atoms with Crippen LogP contribution in [-0.4, -0.2) is 51.2 Å². The highest BCUT2D eigenvalue weighted by molar-refractivity contribution is 7.90. The van der Waals surface area contributed by atoms with E-state index >= 15 is 0 Å². The van der Waals surface area contributed by atoms with Crippen LogP contribution < -0.4 is 0 Å². The molecule has 1 N–H and O–H groups in total. The molecule has 0 radical (unpaired) electrons. The normalized spacial score (nSPS) is 13.3. The predicted molar refractivity (Wildman–Crippen MR) is 66.1 cm³/mol. The SMILES string of the molecule is CN(C)/C=N/S(=O)(=O)CCC(C)(C)CCO. The minimum Gasteiger partial charge on any atom is -0.396 e. The zero-order valence-corrected chi connectivity index (χ0v) is 11.3. The summed E-state index contributed by atoms with van der Waals surface area (Å²) in [6.07, 6.45) is 2.38. The van der Waals surface area contributed by atoms with Gasteiger partial charge in [0.05, 0.1) is 5.75 Å². The van der Waals surface area contributed by atoms with E-state index in [0.29, 0.717) is 12.8 Å². The van der Waals surface area contributed by atoms with Crippen LogP contribution >= 0.6 is 0 Å². The molecule has 0 aliphatic carbocycles. The lowest BCUT2D eigenvalue weighted by atomic mass is 9.87. The maximum Gasteiger partial charge on any atom is 0.254 e. The molecule has 0 aliphatic heterocycles. The third-order valence-electron chi connectivity index (χ3n) is 2.26. The van der Waals surface area contributed by atoms with E-state index in [-0.39, 0.29) is 17.8 Å². The largest absolute Gasteiger partial charge is 0.396 e. The second kappa shape index (κ2) is 6.20. The molecule has 0 rings (SSSR count). The average molecular weight is 250 g/mol. The molecule has 0 aromatic heterocycles. The van der Waals surface area contributed by atoms with Gasteiger partial charge in [-0.2, -0.15) is 4.40 Å². The van der Waals surface area contributed by atoms with Crippen molar-refractivity contribution in [1.29, 1.82) is 0 Å². The van der Waals surface area contributed by atoms with Gasteiger partial charge in [0.15, 0.2) is 0 Å². The summed E-state index contributed by atoms with van der Waals surface area (Å²) in [6, 6.07) is 0. The molecule has 0 heterocycles. The minimum absolute atomic E-state index is 0.0182. The molecule has 6 heteroatoms. The van der Waals surface area contributed by atoms with Gasteiger partial charge in [-0.05, 0) is 18.3 Å². The second-order valence-electron chi connectivity index (χ2n) is 4.86. The van der Waals surface area contributed by atoms with E-state index in [1.807, 2.05) is 13.8 Å². The summed E-state index contributed by atoms with van der Waals surface area (Å²) in [5.74, 6) is 0.0182. The maximum atomic E-state index is 11.5. The van der Waals surface area contributed by atoms with Crippen molar-refractivity contribution in [3.63, 3.8) is 0 Å². The number of aliphatic hydroxyl groups is 1. The molecular weight excluding hydrogens is 228 g/mol. The standard InChI is InChI=1S/C10H22N2O3S/c1-10(2,5-7-13)6-8-16(14,15)11-9-12(3)4/h9,13H,5-8H2,1-4H3/b11-9+. The Hall–Kier alpha value is -0.620. The van der Waals surface area contributed by atoms with Gasteiger partial charge in [-0.15, -0.1) is 0 Å². The zero-order chi connectivity index (χ0) is 12.8. The van der Waals surface area contributed by atoms with Crippen LogP contribution in [0.1, 0.15) is 26.7 Å². The predicted octanol–water partition coefficient (Wildman–Crippen LogP) is 0.705. The fraction of sp³-hybridized carbons (Fsp3) is 0.900. The Morgan fingerprint density at radius 3 is 2.31 bits per heavy atom. The number of nitrogens with zero attached hydrogens (tertiary/aromatic N) is 2. The fourth-order valence-corrected chi connectivity index (χ4v) is 2.30. The first kappa shape index (κ1) is 15.4. The van der Waals surface area contributed by atoms with Gasteiger partial charge in [-0.25, -0.2) is 8.42 Å². The van der Waals surface area contributed by atoms with Gasteiger partial charge >= 0.3 is 0 Å². The number of hydrogen-bond acceptors (Lipinski definition) is 3. The van der Waals surface area contributed by atoms with Gasteiger partial charge in [-0.3, -0.25) is 0 Å². The average Bonchev–Trinajstić information content (AvgIpc) is 2.13. The molecule has 0 unspecified atom stereocenters. The van der Waals surface area contributed by atoms with Crippen molar-refractivity contribution in [3.05, 3.63) is 0 Å². The molecule has 0 fully saturated rings. The van der Waals surface area contributed by atoms with Crippen LogP contribution in [0.5, 0.6) is 0 Å². The van der Waals surface area contributed by atoms with E-state index in [1.54, 1.807) is 19.0 Å². The topological polar surface area (TPSA) is 70.0 Å². The molecule has 0 saturated heterocycles. The van der Waals surface area contributed by atoms with Crippen LogP contribution in [0, 0.1) is 5.41 Å². The van der Waals surface area contributed by atoms with E-state index in [1.165, 1.54) is 6.34 Å². The number of aliphatic hydroxyl groups excluding tert-OH is 1. The summed E-state index contributed by atoms with van der Waals surface area (Å²) < 4.78 is 26.5. The first-order chi connectivity index (χ1) is 7.18. The highest BCUT2D eigenvalue weighted by Gasteiger charge is 2.20. The molecule has 0 atom stereocenters. The van der Waals surface area contributed by atoms with Crippen molar-refractivity contribution in [2.24, 2.45) is 9.81 Å². The first-order valence-corrected chi connectivity index (χ1v) is 6.85. The summed E-state index contributed by atoms with van der Waals surface area (Å²) in [5.41, 5.74) is -0.171. The zero-order valence-electron chi connectivity index (χ0n) is 10.5. The van der Waals surface area contributed by atoms with E-state index in [0.717, 1.165) is 0 Å². The lowest BCUT2D eigenvalue weighted by Crippen LogP contribution is -2.19. The molecule has 0 bridgehead atoms. The van der Waals surface area contributed by atoms with E-state index in [9.17, 15) is 8.42 Å². The van der Waals surface area contributed by atoms with Crippen molar-refractivity contribution >= 4 is 16.4 Å². The summed E-state index contributed by atoms with van der Waals surface area (Å²) >= 11 is 0. The van der Waals surface area contributed by atoms with Crippen LogP contribution in [0.4, 0.5) is 0 Å². The van der Waals surface area contributed by atoms with Crippen molar-refractivity contribution in [1.82, 2.24) is 4.90 Å². The quantitative estimate of drug-likeness (QED) is 0.533. The number of rotatable bonds is 7. The van der Waals surface area contributed by atoms with Gasteiger partial charge in [0.25, 0.3) is 10.0 Å². The second-order valence-corrected chi connectivity index (χ2v) is 6.64. The van der Waals surface area contributed by atoms with Crippen molar-refractivity contribution in [3.8, 4) is 0 Å². The summed E-state index contributed by atoms with van der Waals surface area (Å²) in [7, 11) is 0.0520. The Kier molecular flexibility index (Phi) is 5.96. The summed E-state index contributed by atoms with van der Waals surface area (Å²) in [6.45, 7) is 3.96. The molecule has 5 nitrogen and oxygen atoms in total. The van der Waals surface area contributed by atoms with Crippen LogP contribution in [0.15, 0.2) is 4.40 Å². The Bertz CT molecular complexity index is 321.